The van der Waals surface area contributed by atoms with Gasteiger partial charge in [-0.2, -0.15) is 4.98 Å². The van der Waals surface area contributed by atoms with Gasteiger partial charge in [0.2, 0.25) is 23.5 Å². The number of nitrogens with zero attached hydrogens (tertiary/aromatic N) is 4. The van der Waals surface area contributed by atoms with Crippen molar-refractivity contribution in [2.75, 3.05) is 13.1 Å². The first kappa shape index (κ1) is 15.6. The van der Waals surface area contributed by atoms with Crippen molar-refractivity contribution in [2.24, 2.45) is 0 Å². The second-order valence-electron chi connectivity index (χ2n) is 5.19. The van der Waals surface area contributed by atoms with Crippen LogP contribution in [-0.4, -0.2) is 51.0 Å². The van der Waals surface area contributed by atoms with Gasteiger partial charge < -0.3 is 14.7 Å². The molecule has 1 fully saturated rings. The topological polar surface area (TPSA) is 130 Å². The quantitative estimate of drug-likeness (QED) is 0.730. The van der Waals surface area contributed by atoms with Crippen molar-refractivity contribution in [1.29, 1.82) is 0 Å². The molecule has 4 amide bonds. The largest absolute Gasteiger partial charge is 0.343 e. The number of imide groups is 1. The predicted octanol–water partition coefficient (Wildman–Crippen LogP) is -0.139. The minimum Gasteiger partial charge on any atom is -0.343 e. The summed E-state index contributed by atoms with van der Waals surface area (Å²) < 4.78 is 5.15. The Kier molecular flexibility index (Phi) is 4.18. The van der Waals surface area contributed by atoms with Crippen molar-refractivity contribution in [2.45, 2.75) is 13.0 Å². The van der Waals surface area contributed by atoms with Crippen LogP contribution in [0.25, 0.3) is 11.4 Å². The van der Waals surface area contributed by atoms with Gasteiger partial charge in [-0.1, -0.05) is 5.16 Å². The molecule has 24 heavy (non-hydrogen) atoms. The van der Waals surface area contributed by atoms with E-state index in [2.05, 4.69) is 25.8 Å². The fourth-order valence-electron chi connectivity index (χ4n) is 2.16. The highest BCUT2D eigenvalue weighted by Gasteiger charge is 2.29. The van der Waals surface area contributed by atoms with Crippen LogP contribution in [0.2, 0.25) is 0 Å². The molecule has 1 aliphatic rings. The van der Waals surface area contributed by atoms with Crippen molar-refractivity contribution in [3.63, 3.8) is 0 Å². The Balaban J connectivity index is 1.60. The first-order valence-electron chi connectivity index (χ1n) is 7.15. The molecular formula is C14H14N6O4. The monoisotopic (exact) mass is 330 g/mol. The first-order chi connectivity index (χ1) is 11.5. The van der Waals surface area contributed by atoms with E-state index in [1.807, 2.05) is 0 Å². The van der Waals surface area contributed by atoms with Crippen LogP contribution in [0.3, 0.4) is 0 Å². The summed E-state index contributed by atoms with van der Waals surface area (Å²) in [6, 6.07) is 2.35. The average molecular weight is 330 g/mol. The molecule has 124 valence electrons. The van der Waals surface area contributed by atoms with E-state index in [0.29, 0.717) is 5.82 Å². The summed E-state index contributed by atoms with van der Waals surface area (Å²) in [5.74, 6) is -0.245. The highest BCUT2D eigenvalue weighted by atomic mass is 16.5. The van der Waals surface area contributed by atoms with Gasteiger partial charge in [0.05, 0.1) is 0 Å². The lowest BCUT2D eigenvalue weighted by atomic mass is 10.2. The van der Waals surface area contributed by atoms with Crippen molar-refractivity contribution in [3.8, 4) is 11.4 Å². The van der Waals surface area contributed by atoms with E-state index < -0.39 is 23.9 Å². The van der Waals surface area contributed by atoms with E-state index in [1.165, 1.54) is 0 Å². The Labute approximate surface area is 136 Å². The summed E-state index contributed by atoms with van der Waals surface area (Å²) in [7, 11) is 0. The number of aromatic nitrogens is 3. The Morgan fingerprint density at radius 2 is 2.17 bits per heavy atom. The third-order valence-corrected chi connectivity index (χ3v) is 3.33. The maximum atomic E-state index is 12.0. The maximum Gasteiger partial charge on any atom is 0.325 e. The Morgan fingerprint density at radius 3 is 2.83 bits per heavy atom. The molecule has 1 saturated heterocycles. The van der Waals surface area contributed by atoms with Gasteiger partial charge >= 0.3 is 6.03 Å². The number of hydrogen-bond acceptors (Lipinski definition) is 7. The third-order valence-electron chi connectivity index (χ3n) is 3.33. The van der Waals surface area contributed by atoms with E-state index in [4.69, 9.17) is 4.52 Å². The lowest BCUT2D eigenvalue weighted by Crippen LogP contribution is -2.39. The van der Waals surface area contributed by atoms with Crippen LogP contribution >= 0.6 is 0 Å². The molecule has 3 heterocycles. The molecule has 0 unspecified atom stereocenters. The summed E-state index contributed by atoms with van der Waals surface area (Å²) in [5.41, 5.74) is 0.741. The van der Waals surface area contributed by atoms with E-state index in [0.717, 1.165) is 10.5 Å². The SMILES string of the molecule is C[C@H](NC(=O)CN1CC(=O)NC1=O)c1nc(-c2ccncc2)no1. The lowest BCUT2D eigenvalue weighted by molar-refractivity contribution is -0.122. The molecule has 3 rings (SSSR count). The Hall–Kier alpha value is -3.30. The summed E-state index contributed by atoms with van der Waals surface area (Å²) in [4.78, 5) is 43.7. The molecule has 2 aromatic heterocycles. The number of nitrogens with one attached hydrogen (secondary N) is 2. The van der Waals surface area contributed by atoms with Gasteiger partial charge in [-0.25, -0.2) is 4.79 Å². The molecule has 2 N–H and O–H groups in total. The second-order valence-corrected chi connectivity index (χ2v) is 5.19. The van der Waals surface area contributed by atoms with Crippen LogP contribution in [0.15, 0.2) is 29.0 Å². The van der Waals surface area contributed by atoms with Gasteiger partial charge in [-0.15, -0.1) is 0 Å². The summed E-state index contributed by atoms with van der Waals surface area (Å²) in [6.45, 7) is 1.32. The number of amides is 4. The summed E-state index contributed by atoms with van der Waals surface area (Å²) in [6.07, 6.45) is 3.22. The zero-order chi connectivity index (χ0) is 17.1. The first-order valence-corrected chi connectivity index (χ1v) is 7.15. The molecule has 2 aromatic rings. The summed E-state index contributed by atoms with van der Waals surface area (Å²) >= 11 is 0. The standard InChI is InChI=1S/C14H14N6O4/c1-8(16-10(21)6-20-7-11(22)17-14(20)23)13-18-12(19-24-13)9-2-4-15-5-3-9/h2-5,8H,6-7H2,1H3,(H,16,21)(H,17,22,23)/t8-/m0/s1. The molecule has 0 bridgehead atoms. The van der Waals surface area contributed by atoms with Crippen LogP contribution in [0, 0.1) is 0 Å². The van der Waals surface area contributed by atoms with Crippen LogP contribution in [0.4, 0.5) is 4.79 Å². The zero-order valence-electron chi connectivity index (χ0n) is 12.7. The van der Waals surface area contributed by atoms with Crippen LogP contribution < -0.4 is 10.6 Å². The minimum atomic E-state index is -0.583. The normalized spacial score (nSPS) is 15.3. The van der Waals surface area contributed by atoms with Crippen molar-refractivity contribution >= 4 is 17.8 Å². The molecule has 0 spiro atoms. The number of carbonyl (C=O) groups excluding carboxylic acids is 3. The van der Waals surface area contributed by atoms with E-state index in [1.54, 1.807) is 31.5 Å². The smallest absolute Gasteiger partial charge is 0.325 e. The van der Waals surface area contributed by atoms with Crippen molar-refractivity contribution in [3.05, 3.63) is 30.4 Å². The molecule has 0 saturated carbocycles. The molecule has 1 aliphatic heterocycles. The van der Waals surface area contributed by atoms with Gasteiger partial charge in [-0.05, 0) is 19.1 Å². The van der Waals surface area contributed by atoms with Gasteiger partial charge in [0, 0.05) is 18.0 Å². The average Bonchev–Trinajstić information content (AvgIpc) is 3.15. The fourth-order valence-corrected chi connectivity index (χ4v) is 2.16. The molecule has 0 aliphatic carbocycles. The van der Waals surface area contributed by atoms with Crippen LogP contribution in [-0.2, 0) is 9.59 Å². The van der Waals surface area contributed by atoms with Crippen molar-refractivity contribution < 1.29 is 18.9 Å². The Bertz CT molecular complexity index is 775. The van der Waals surface area contributed by atoms with Crippen LogP contribution in [0.1, 0.15) is 18.9 Å². The molecule has 10 nitrogen and oxygen atoms in total. The fraction of sp³-hybridized carbons (Fsp3) is 0.286. The zero-order valence-corrected chi connectivity index (χ0v) is 12.7. The van der Waals surface area contributed by atoms with E-state index in [-0.39, 0.29) is 19.0 Å². The number of pyridine rings is 1. The minimum absolute atomic E-state index is 0.132. The van der Waals surface area contributed by atoms with Gasteiger partial charge in [0.15, 0.2) is 0 Å². The van der Waals surface area contributed by atoms with Crippen molar-refractivity contribution in [1.82, 2.24) is 30.7 Å². The highest BCUT2D eigenvalue weighted by molar-refractivity contribution is 6.03. The van der Waals surface area contributed by atoms with Gasteiger partial charge in [0.1, 0.15) is 19.1 Å². The number of hydrogen-bond donors (Lipinski definition) is 2. The third kappa shape index (κ3) is 3.37. The second kappa shape index (κ2) is 6.44. The van der Waals surface area contributed by atoms with Gasteiger partial charge in [0.25, 0.3) is 0 Å². The molecule has 0 radical (unpaired) electrons. The molecular weight excluding hydrogens is 316 g/mol. The maximum absolute atomic E-state index is 12.0. The highest BCUT2D eigenvalue weighted by Crippen LogP contribution is 2.17. The Morgan fingerprint density at radius 1 is 1.42 bits per heavy atom. The lowest BCUT2D eigenvalue weighted by Gasteiger charge is -2.14. The molecule has 10 heteroatoms. The van der Waals surface area contributed by atoms with Gasteiger partial charge in [-0.3, -0.25) is 19.9 Å². The number of rotatable bonds is 5. The van der Waals surface area contributed by atoms with E-state index in [9.17, 15) is 14.4 Å². The predicted molar refractivity (Wildman–Crippen MR) is 79.2 cm³/mol. The number of carbonyl (C=O) groups is 3. The van der Waals surface area contributed by atoms with E-state index >= 15 is 0 Å². The molecule has 1 atom stereocenters. The summed E-state index contributed by atoms with van der Waals surface area (Å²) in [5, 5.41) is 8.60. The molecule has 0 aromatic carbocycles. The number of urea groups is 1. The van der Waals surface area contributed by atoms with Crippen LogP contribution in [0.5, 0.6) is 0 Å².